The predicted molar refractivity (Wildman–Crippen MR) is 65.0 cm³/mol. The predicted octanol–water partition coefficient (Wildman–Crippen LogP) is 1.73. The number of hydrogen-bond acceptors (Lipinski definition) is 4. The molecule has 0 aromatic heterocycles. The Labute approximate surface area is 108 Å². The fraction of sp³-hybridized carbons (Fsp3) is 0.846. The molecule has 5 heteroatoms. The minimum Gasteiger partial charge on any atom is -0.457 e. The van der Waals surface area contributed by atoms with E-state index >= 15 is 0 Å². The first kappa shape index (κ1) is 15.1. The molecule has 1 radical (unpaired) electrons. The molecular formula is C13H22NO4. The number of Topliss-reactive ketones (excluding diaryl/α,β-unsaturated/α-hetero) is 1. The molecule has 0 bridgehead atoms. The molecule has 5 nitrogen and oxygen atoms in total. The fourth-order valence-electron chi connectivity index (χ4n) is 2.48. The summed E-state index contributed by atoms with van der Waals surface area (Å²) < 4.78 is 5.00. The van der Waals surface area contributed by atoms with Crippen LogP contribution in [0.25, 0.3) is 0 Å². The van der Waals surface area contributed by atoms with Crippen LogP contribution in [0, 0.1) is 5.92 Å². The van der Waals surface area contributed by atoms with Crippen LogP contribution in [0.1, 0.15) is 47.5 Å². The molecule has 1 fully saturated rings. The third-order valence-electron chi connectivity index (χ3n) is 3.68. The van der Waals surface area contributed by atoms with E-state index in [-0.39, 0.29) is 12.4 Å². The lowest BCUT2D eigenvalue weighted by atomic mass is 9.87. The first-order valence-electron chi connectivity index (χ1n) is 6.28. The van der Waals surface area contributed by atoms with E-state index in [2.05, 4.69) is 0 Å². The summed E-state index contributed by atoms with van der Waals surface area (Å²) in [7, 11) is 0. The molecule has 0 aromatic rings. The molecule has 0 spiro atoms. The summed E-state index contributed by atoms with van der Waals surface area (Å²) >= 11 is 0. The van der Waals surface area contributed by atoms with Crippen LogP contribution in [0.15, 0.2) is 0 Å². The molecule has 1 unspecified atom stereocenters. The number of hydroxylamine groups is 2. The van der Waals surface area contributed by atoms with Crippen molar-refractivity contribution < 1.29 is 19.5 Å². The Morgan fingerprint density at radius 3 is 2.22 bits per heavy atom. The maximum atomic E-state index is 12.1. The molecule has 1 saturated heterocycles. The van der Waals surface area contributed by atoms with E-state index < -0.39 is 23.0 Å². The van der Waals surface area contributed by atoms with Crippen LogP contribution in [-0.4, -0.2) is 34.5 Å². The van der Waals surface area contributed by atoms with Gasteiger partial charge in [0, 0.05) is 12.0 Å². The summed E-state index contributed by atoms with van der Waals surface area (Å²) in [5, 5.41) is 13.1. The summed E-state index contributed by atoms with van der Waals surface area (Å²) in [6.45, 7) is 8.63. The van der Waals surface area contributed by atoms with E-state index in [1.807, 2.05) is 13.8 Å². The number of nitrogens with zero attached hydrogens (tertiary/aromatic N) is 1. The van der Waals surface area contributed by atoms with Crippen LogP contribution in [0.4, 0.5) is 0 Å². The van der Waals surface area contributed by atoms with E-state index in [0.29, 0.717) is 12.8 Å². The second kappa shape index (κ2) is 4.97. The second-order valence-corrected chi connectivity index (χ2v) is 6.02. The van der Waals surface area contributed by atoms with Gasteiger partial charge in [0.25, 0.3) is 0 Å². The van der Waals surface area contributed by atoms with Crippen molar-refractivity contribution in [1.29, 1.82) is 0 Å². The maximum absolute atomic E-state index is 12.1. The van der Waals surface area contributed by atoms with Crippen molar-refractivity contribution in [1.82, 2.24) is 5.06 Å². The molecule has 18 heavy (non-hydrogen) atoms. The third kappa shape index (κ3) is 2.72. The monoisotopic (exact) mass is 256 g/mol. The molecule has 0 aliphatic carbocycles. The number of carbonyl (C=O) groups is 2. The number of rotatable bonds is 4. The van der Waals surface area contributed by atoms with Crippen molar-refractivity contribution in [3.8, 4) is 0 Å². The number of ketones is 1. The molecule has 1 heterocycles. The van der Waals surface area contributed by atoms with Crippen LogP contribution in [0.2, 0.25) is 0 Å². The SMILES string of the molecule is CCC(=O)COC(=O)C1CC(C)(C)N([O])C1(C)C. The summed E-state index contributed by atoms with van der Waals surface area (Å²) in [4.78, 5) is 23.1. The van der Waals surface area contributed by atoms with Crippen molar-refractivity contribution in [3.63, 3.8) is 0 Å². The van der Waals surface area contributed by atoms with E-state index in [4.69, 9.17) is 4.74 Å². The molecule has 1 rings (SSSR count). The zero-order valence-corrected chi connectivity index (χ0v) is 11.8. The number of carbonyl (C=O) groups excluding carboxylic acids is 2. The topological polar surface area (TPSA) is 66.5 Å². The Balaban J connectivity index is 2.72. The molecule has 0 N–H and O–H groups in total. The highest BCUT2D eigenvalue weighted by atomic mass is 16.5. The van der Waals surface area contributed by atoms with E-state index in [1.54, 1.807) is 20.8 Å². The van der Waals surface area contributed by atoms with Gasteiger partial charge in [-0.2, -0.15) is 0 Å². The lowest BCUT2D eigenvalue weighted by Gasteiger charge is -2.32. The van der Waals surface area contributed by atoms with Gasteiger partial charge in [0.1, 0.15) is 6.61 Å². The molecule has 103 valence electrons. The molecule has 1 aliphatic rings. The Morgan fingerprint density at radius 2 is 1.83 bits per heavy atom. The van der Waals surface area contributed by atoms with Gasteiger partial charge in [-0.05, 0) is 34.1 Å². The molecule has 1 atom stereocenters. The molecule has 0 aromatic carbocycles. The average molecular weight is 256 g/mol. The van der Waals surface area contributed by atoms with Gasteiger partial charge in [0.15, 0.2) is 5.78 Å². The Kier molecular flexibility index (Phi) is 4.18. The lowest BCUT2D eigenvalue weighted by molar-refractivity contribution is -0.248. The lowest BCUT2D eigenvalue weighted by Crippen LogP contribution is -2.47. The van der Waals surface area contributed by atoms with Gasteiger partial charge in [-0.25, -0.2) is 0 Å². The summed E-state index contributed by atoms with van der Waals surface area (Å²) in [6, 6.07) is 0. The summed E-state index contributed by atoms with van der Waals surface area (Å²) in [5.74, 6) is -1.06. The van der Waals surface area contributed by atoms with Crippen molar-refractivity contribution in [2.24, 2.45) is 5.92 Å². The van der Waals surface area contributed by atoms with Crippen LogP contribution < -0.4 is 0 Å². The van der Waals surface area contributed by atoms with Crippen molar-refractivity contribution >= 4 is 11.8 Å². The highest BCUT2D eigenvalue weighted by molar-refractivity contribution is 5.83. The smallest absolute Gasteiger partial charge is 0.311 e. The minimum atomic E-state index is -0.796. The van der Waals surface area contributed by atoms with Crippen LogP contribution in [-0.2, 0) is 19.5 Å². The van der Waals surface area contributed by atoms with Crippen molar-refractivity contribution in [3.05, 3.63) is 0 Å². The van der Waals surface area contributed by atoms with Crippen molar-refractivity contribution in [2.75, 3.05) is 6.61 Å². The average Bonchev–Trinajstić information content (AvgIpc) is 2.46. The van der Waals surface area contributed by atoms with Gasteiger partial charge in [-0.15, -0.1) is 10.3 Å². The van der Waals surface area contributed by atoms with Crippen LogP contribution >= 0.6 is 0 Å². The van der Waals surface area contributed by atoms with E-state index in [1.165, 1.54) is 0 Å². The number of hydrogen-bond donors (Lipinski definition) is 0. The minimum absolute atomic E-state index is 0.114. The highest BCUT2D eigenvalue weighted by Gasteiger charge is 2.55. The van der Waals surface area contributed by atoms with Gasteiger partial charge in [0.2, 0.25) is 0 Å². The van der Waals surface area contributed by atoms with Gasteiger partial charge in [0.05, 0.1) is 11.5 Å². The fourth-order valence-corrected chi connectivity index (χ4v) is 2.48. The first-order valence-corrected chi connectivity index (χ1v) is 6.28. The van der Waals surface area contributed by atoms with Crippen LogP contribution in [0.3, 0.4) is 0 Å². The first-order chi connectivity index (χ1) is 8.13. The second-order valence-electron chi connectivity index (χ2n) is 6.02. The standard InChI is InChI=1S/C13H22NO4/c1-6-9(15)8-18-11(16)10-7-12(2,3)14(17)13(10,4)5/h10H,6-8H2,1-5H3. The van der Waals surface area contributed by atoms with Gasteiger partial charge in [-0.3, -0.25) is 9.59 Å². The molecule has 0 saturated carbocycles. The van der Waals surface area contributed by atoms with E-state index in [9.17, 15) is 14.8 Å². The zero-order chi connectivity index (χ0) is 14.1. The highest BCUT2D eigenvalue weighted by Crippen LogP contribution is 2.44. The third-order valence-corrected chi connectivity index (χ3v) is 3.68. The normalized spacial score (nSPS) is 26.0. The molecular weight excluding hydrogens is 234 g/mol. The zero-order valence-electron chi connectivity index (χ0n) is 11.8. The van der Waals surface area contributed by atoms with Gasteiger partial charge in [-0.1, -0.05) is 6.92 Å². The van der Waals surface area contributed by atoms with Crippen molar-refractivity contribution in [2.45, 2.75) is 58.5 Å². The van der Waals surface area contributed by atoms with Crippen LogP contribution in [0.5, 0.6) is 0 Å². The summed E-state index contributed by atoms with van der Waals surface area (Å²) in [5.41, 5.74) is -1.38. The quantitative estimate of drug-likeness (QED) is 0.718. The van der Waals surface area contributed by atoms with E-state index in [0.717, 1.165) is 5.06 Å². The number of ether oxygens (including phenoxy) is 1. The number of esters is 1. The summed E-state index contributed by atoms with van der Waals surface area (Å²) in [6.07, 6.45) is 0.795. The molecule has 1 aliphatic heterocycles. The van der Waals surface area contributed by atoms with Gasteiger partial charge >= 0.3 is 5.97 Å². The Bertz CT molecular complexity index is 349. The van der Waals surface area contributed by atoms with Gasteiger partial charge < -0.3 is 4.74 Å². The Morgan fingerprint density at radius 1 is 1.28 bits per heavy atom. The largest absolute Gasteiger partial charge is 0.457 e. The molecule has 0 amide bonds. The Hall–Kier alpha value is -0.940. The maximum Gasteiger partial charge on any atom is 0.311 e.